The zero-order valence-electron chi connectivity index (χ0n) is 12.8. The van der Waals surface area contributed by atoms with Gasteiger partial charge in [-0.05, 0) is 24.4 Å². The van der Waals surface area contributed by atoms with Gasteiger partial charge in [-0.3, -0.25) is 0 Å². The monoisotopic (exact) mass is 331 g/mol. The van der Waals surface area contributed by atoms with E-state index >= 15 is 0 Å². The Labute approximate surface area is 136 Å². The molecule has 1 nitrogen and oxygen atoms in total. The van der Waals surface area contributed by atoms with Crippen LogP contribution >= 0.6 is 8.58 Å². The molecule has 2 aromatic carbocycles. The second-order valence-corrected chi connectivity index (χ2v) is 8.17. The summed E-state index contributed by atoms with van der Waals surface area (Å²) in [6.07, 6.45) is 0. The fourth-order valence-corrected chi connectivity index (χ4v) is 3.63. The van der Waals surface area contributed by atoms with Crippen molar-refractivity contribution < 1.29 is 17.1 Å². The van der Waals surface area contributed by atoms with Crippen molar-refractivity contribution in [2.45, 2.75) is 31.6 Å². The second-order valence-electron chi connectivity index (χ2n) is 5.69. The van der Waals surface area contributed by atoms with Crippen molar-refractivity contribution in [3.05, 3.63) is 60.2 Å². The molecule has 0 spiro atoms. The summed E-state index contributed by atoms with van der Waals surface area (Å²) in [4.78, 5) is 0. The number of hydrogen-bond acceptors (Lipinski definition) is 1. The van der Waals surface area contributed by atoms with Crippen molar-refractivity contribution in [2.24, 2.45) is 0 Å². The first-order valence-electron chi connectivity index (χ1n) is 6.83. The first-order chi connectivity index (χ1) is 9.03. The Morgan fingerprint density at radius 2 is 1.50 bits per heavy atom. The predicted octanol–water partition coefficient (Wildman–Crippen LogP) is 4.55. The van der Waals surface area contributed by atoms with E-state index in [1.165, 1.54) is 5.56 Å². The van der Waals surface area contributed by atoms with Gasteiger partial charge in [-0.1, -0.05) is 20.8 Å². The Bertz CT molecular complexity index is 383. The van der Waals surface area contributed by atoms with Crippen molar-refractivity contribution in [2.75, 3.05) is 13.6 Å². The summed E-state index contributed by atoms with van der Waals surface area (Å²) in [5.41, 5.74) is 2.16. The summed E-state index contributed by atoms with van der Waals surface area (Å²) < 4.78 is 0. The van der Waals surface area contributed by atoms with Gasteiger partial charge in [-0.2, -0.15) is 12.1 Å². The third-order valence-corrected chi connectivity index (χ3v) is 4.41. The maximum absolute atomic E-state index is 3.29. The Balaban J connectivity index is 0.000000507. The molecule has 0 heterocycles. The molecule has 0 fully saturated rings. The first-order valence-corrected chi connectivity index (χ1v) is 7.91. The molecule has 0 saturated heterocycles. The molecule has 0 bridgehead atoms. The first kappa shape index (κ1) is 19.6. The second kappa shape index (κ2) is 10.4. The largest absolute Gasteiger partial charge is 0.748 e. The molecular formula is C17H26FeNP-6. The molecule has 2 aromatic rings. The topological polar surface area (TPSA) is 12.0 Å². The van der Waals surface area contributed by atoms with Gasteiger partial charge in [0.25, 0.3) is 0 Å². The summed E-state index contributed by atoms with van der Waals surface area (Å²) in [5.74, 6) is 0. The van der Waals surface area contributed by atoms with E-state index in [9.17, 15) is 0 Å². The van der Waals surface area contributed by atoms with Gasteiger partial charge in [-0.25, -0.2) is 12.1 Å². The summed E-state index contributed by atoms with van der Waals surface area (Å²) in [7, 11) is 3.00. The van der Waals surface area contributed by atoms with Crippen molar-refractivity contribution >= 4 is 8.58 Å². The summed E-state index contributed by atoms with van der Waals surface area (Å²) in [5, 5.41) is 3.71. The van der Waals surface area contributed by atoms with Gasteiger partial charge in [0.2, 0.25) is 0 Å². The molecule has 0 aromatic heterocycles. The van der Waals surface area contributed by atoms with E-state index in [0.717, 1.165) is 15.1 Å². The van der Waals surface area contributed by atoms with Crippen molar-refractivity contribution in [1.29, 1.82) is 0 Å². The molecule has 20 heavy (non-hydrogen) atoms. The zero-order valence-corrected chi connectivity index (χ0v) is 14.9. The zero-order chi connectivity index (χ0) is 14.1. The minimum atomic E-state index is 0. The van der Waals surface area contributed by atoms with Gasteiger partial charge in [0.15, 0.2) is 0 Å². The Kier molecular flexibility index (Phi) is 10.2. The third-order valence-electron chi connectivity index (χ3n) is 2.66. The van der Waals surface area contributed by atoms with E-state index in [1.54, 1.807) is 0 Å². The molecule has 118 valence electrons. The maximum Gasteiger partial charge on any atom is 0 e. The van der Waals surface area contributed by atoms with Crippen LogP contribution in [0.1, 0.15) is 32.0 Å². The number of rotatable bonds is 4. The molecule has 2 unspecified atom stereocenters. The minimum absolute atomic E-state index is 0. The summed E-state index contributed by atoms with van der Waals surface area (Å²) >= 11 is 0. The molecule has 0 aliphatic rings. The van der Waals surface area contributed by atoms with Crippen molar-refractivity contribution in [3.63, 3.8) is 0 Å². The van der Waals surface area contributed by atoms with Crippen LogP contribution in [0.5, 0.6) is 0 Å². The number of nitrogens with one attached hydrogen (secondary N) is 1. The molecule has 2 atom stereocenters. The molecule has 0 aliphatic heterocycles. The Morgan fingerprint density at radius 1 is 1.05 bits per heavy atom. The maximum atomic E-state index is 3.29. The standard InChI is InChI=1S/C12H21NP.C5H5.Fe/c1-12(2,3)14-11(9-13-4)10-7-5-6-8-10;1-2-4-5-3-1;/h5-8,11,13-14H,9H2,1-4H3;1-5H;/q-1;-5;. The molecule has 0 amide bonds. The van der Waals surface area contributed by atoms with Crippen LogP contribution < -0.4 is 5.32 Å². The SMILES string of the molecule is CNCC(PC(C)(C)C)[c-]1cccc1.[Fe].[cH-]1[cH-][cH-][cH-][cH-]1. The van der Waals surface area contributed by atoms with Crippen molar-refractivity contribution in [1.82, 2.24) is 5.32 Å². The minimum Gasteiger partial charge on any atom is -0.748 e. The van der Waals surface area contributed by atoms with Crippen molar-refractivity contribution in [3.8, 4) is 0 Å². The summed E-state index contributed by atoms with van der Waals surface area (Å²) in [6.45, 7) is 8.03. The van der Waals surface area contributed by atoms with E-state index < -0.39 is 0 Å². The smallest absolute Gasteiger partial charge is 0 e. The van der Waals surface area contributed by atoms with Gasteiger partial charge in [0.1, 0.15) is 0 Å². The van der Waals surface area contributed by atoms with Gasteiger partial charge in [0.05, 0.1) is 0 Å². The van der Waals surface area contributed by atoms with Crippen LogP contribution in [0.15, 0.2) is 54.6 Å². The van der Waals surface area contributed by atoms with Gasteiger partial charge in [0, 0.05) is 17.1 Å². The fraction of sp³-hybridized carbons (Fsp3) is 0.412. The van der Waals surface area contributed by atoms with E-state index in [2.05, 4.69) is 50.4 Å². The van der Waals surface area contributed by atoms with E-state index in [4.69, 9.17) is 0 Å². The molecule has 2 rings (SSSR count). The van der Waals surface area contributed by atoms with E-state index in [0.29, 0.717) is 10.8 Å². The van der Waals surface area contributed by atoms with Crippen LogP contribution in [0.3, 0.4) is 0 Å². The normalized spacial score (nSPS) is 12.6. The molecule has 0 saturated carbocycles. The molecule has 0 aliphatic carbocycles. The van der Waals surface area contributed by atoms with Crippen LogP contribution in [0.4, 0.5) is 0 Å². The molecule has 1 N–H and O–H groups in total. The predicted molar refractivity (Wildman–Crippen MR) is 88.8 cm³/mol. The van der Waals surface area contributed by atoms with Crippen LogP contribution in [-0.4, -0.2) is 18.7 Å². The molecule has 3 heteroatoms. The Hall–Kier alpha value is -0.391. The third kappa shape index (κ3) is 8.72. The van der Waals surface area contributed by atoms with Crippen LogP contribution in [-0.2, 0) is 17.1 Å². The average Bonchev–Trinajstić information content (AvgIpc) is 3.03. The van der Waals surface area contributed by atoms with E-state index in [1.807, 2.05) is 37.4 Å². The van der Waals surface area contributed by atoms with Crippen LogP contribution in [0.2, 0.25) is 0 Å². The summed E-state index contributed by atoms with van der Waals surface area (Å²) in [6, 6.07) is 18.7. The van der Waals surface area contributed by atoms with Gasteiger partial charge < -0.3 is 35.6 Å². The quantitative estimate of drug-likeness (QED) is 0.492. The number of hydrogen-bond donors (Lipinski definition) is 1. The molecular weight excluding hydrogens is 305 g/mol. The van der Waals surface area contributed by atoms with Crippen LogP contribution in [0.25, 0.3) is 0 Å². The Morgan fingerprint density at radius 3 is 1.85 bits per heavy atom. The van der Waals surface area contributed by atoms with Crippen LogP contribution in [0, 0.1) is 0 Å². The van der Waals surface area contributed by atoms with Gasteiger partial charge >= 0.3 is 0 Å². The van der Waals surface area contributed by atoms with E-state index in [-0.39, 0.29) is 17.1 Å². The molecule has 0 radical (unpaired) electrons. The fourth-order valence-electron chi connectivity index (χ4n) is 1.92. The number of likely N-dealkylation sites (N-methyl/N-ethyl adjacent to an activating group) is 1. The average molecular weight is 331 g/mol. The van der Waals surface area contributed by atoms with Gasteiger partial charge in [-0.15, -0.1) is 14.1 Å².